The molecule has 4 nitrogen and oxygen atoms in total. The maximum absolute atomic E-state index is 14.3. The van der Waals surface area contributed by atoms with Gasteiger partial charge in [0.2, 0.25) is 0 Å². The minimum absolute atomic E-state index is 0.0653. The van der Waals surface area contributed by atoms with Gasteiger partial charge in [-0.05, 0) is 39.1 Å². The van der Waals surface area contributed by atoms with Crippen LogP contribution in [0.4, 0.5) is 39.5 Å². The average molecular weight is 603 g/mol. The SMILES string of the molecule is O=S(=O)(ON=C1C2=Cc3ccccc3C2=CC=C1c1cccc2ccccc12)C(F)(F)C(F)(F)C(F)(F)C(F)(F)F. The second-order valence-electron chi connectivity index (χ2n) is 8.96. The van der Waals surface area contributed by atoms with Crippen molar-refractivity contribution in [1.82, 2.24) is 0 Å². The third-order valence-electron chi connectivity index (χ3n) is 6.50. The first-order valence-corrected chi connectivity index (χ1v) is 12.9. The Labute approximate surface area is 225 Å². The van der Waals surface area contributed by atoms with Gasteiger partial charge in [0.05, 0.1) is 0 Å². The molecule has 0 N–H and O–H groups in total. The van der Waals surface area contributed by atoms with E-state index in [1.54, 1.807) is 72.8 Å². The van der Waals surface area contributed by atoms with Crippen LogP contribution in [0.5, 0.6) is 0 Å². The first-order valence-electron chi connectivity index (χ1n) is 11.4. The average Bonchev–Trinajstić information content (AvgIpc) is 3.29. The minimum Gasteiger partial charge on any atom is -0.263 e. The van der Waals surface area contributed by atoms with Crippen molar-refractivity contribution in [3.63, 3.8) is 0 Å². The van der Waals surface area contributed by atoms with Crippen LogP contribution >= 0.6 is 0 Å². The normalized spacial score (nSPS) is 17.1. The number of oxime groups is 1. The third-order valence-corrected chi connectivity index (χ3v) is 7.66. The summed E-state index contributed by atoms with van der Waals surface area (Å²) < 4.78 is 149. The molecule has 0 bridgehead atoms. The minimum atomic E-state index is -7.45. The number of rotatable bonds is 6. The summed E-state index contributed by atoms with van der Waals surface area (Å²) in [7, 11) is -7.23. The molecule has 0 aromatic heterocycles. The molecular formula is C27H14F9NO3S. The van der Waals surface area contributed by atoms with Gasteiger partial charge in [0.15, 0.2) is 0 Å². The maximum atomic E-state index is 14.3. The highest BCUT2D eigenvalue weighted by molar-refractivity contribution is 7.87. The van der Waals surface area contributed by atoms with Crippen molar-refractivity contribution in [3.05, 3.63) is 101 Å². The molecule has 41 heavy (non-hydrogen) atoms. The molecule has 0 fully saturated rings. The molecule has 0 radical (unpaired) electrons. The molecule has 3 aromatic rings. The highest BCUT2D eigenvalue weighted by Crippen LogP contribution is 2.55. The Kier molecular flexibility index (Phi) is 6.40. The third kappa shape index (κ3) is 4.23. The molecule has 2 aliphatic rings. The van der Waals surface area contributed by atoms with Crippen molar-refractivity contribution in [2.24, 2.45) is 5.16 Å². The Morgan fingerprint density at radius 3 is 1.93 bits per heavy atom. The Hall–Kier alpha value is -4.07. The molecule has 0 amide bonds. The maximum Gasteiger partial charge on any atom is 0.460 e. The highest BCUT2D eigenvalue weighted by Gasteiger charge is 2.86. The Bertz CT molecular complexity index is 1800. The molecule has 0 heterocycles. The van der Waals surface area contributed by atoms with Crippen molar-refractivity contribution in [2.45, 2.75) is 23.3 Å². The lowest BCUT2D eigenvalue weighted by atomic mass is 9.85. The lowest BCUT2D eigenvalue weighted by molar-refractivity contribution is -0.382. The molecular weight excluding hydrogens is 589 g/mol. The largest absolute Gasteiger partial charge is 0.460 e. The summed E-state index contributed by atoms with van der Waals surface area (Å²) in [5, 5.41) is -2.60. The quantitative estimate of drug-likeness (QED) is 0.213. The monoisotopic (exact) mass is 603 g/mol. The second kappa shape index (κ2) is 9.23. The zero-order valence-electron chi connectivity index (χ0n) is 20.1. The standard InChI is InChI=1S/C27H14F9NO3S/c28-24(29,26(32,33)34)25(30,31)27(35,36)41(38,39)40-37-23-21(19-11-5-8-15-6-1-3-9-17(15)19)13-12-20-18-10-4-2-7-16(18)14-22(20)23/h1-14H. The summed E-state index contributed by atoms with van der Waals surface area (Å²) in [4.78, 5) is 0. The Balaban J connectivity index is 1.64. The molecule has 0 spiro atoms. The van der Waals surface area contributed by atoms with Crippen LogP contribution in [0.1, 0.15) is 16.7 Å². The van der Waals surface area contributed by atoms with Gasteiger partial charge < -0.3 is 0 Å². The van der Waals surface area contributed by atoms with Gasteiger partial charge in [-0.1, -0.05) is 84.0 Å². The fourth-order valence-electron chi connectivity index (χ4n) is 4.44. The molecule has 0 saturated heterocycles. The topological polar surface area (TPSA) is 55.7 Å². The van der Waals surface area contributed by atoms with Crippen LogP contribution in [-0.2, 0) is 14.4 Å². The van der Waals surface area contributed by atoms with Gasteiger partial charge in [0.1, 0.15) is 5.71 Å². The molecule has 214 valence electrons. The molecule has 14 heteroatoms. The van der Waals surface area contributed by atoms with Crippen LogP contribution in [0.25, 0.3) is 28.0 Å². The first-order chi connectivity index (χ1) is 19.0. The van der Waals surface area contributed by atoms with Crippen LogP contribution in [0.3, 0.4) is 0 Å². The van der Waals surface area contributed by atoms with Crippen molar-refractivity contribution in [1.29, 1.82) is 0 Å². The van der Waals surface area contributed by atoms with Crippen molar-refractivity contribution >= 4 is 43.8 Å². The molecule has 0 atom stereocenters. The first kappa shape index (κ1) is 28.5. The van der Waals surface area contributed by atoms with E-state index in [-0.39, 0.29) is 11.1 Å². The Morgan fingerprint density at radius 1 is 0.634 bits per heavy atom. The van der Waals surface area contributed by atoms with Crippen molar-refractivity contribution in [3.8, 4) is 0 Å². The van der Waals surface area contributed by atoms with Gasteiger partial charge in [-0.3, -0.25) is 4.28 Å². The van der Waals surface area contributed by atoms with Gasteiger partial charge in [-0.15, -0.1) is 0 Å². The smallest absolute Gasteiger partial charge is 0.263 e. The summed E-state index contributed by atoms with van der Waals surface area (Å²) in [6.45, 7) is 0. The molecule has 2 aliphatic carbocycles. The second-order valence-corrected chi connectivity index (χ2v) is 10.5. The van der Waals surface area contributed by atoms with Gasteiger partial charge in [-0.2, -0.15) is 47.9 Å². The van der Waals surface area contributed by atoms with Crippen molar-refractivity contribution < 1.29 is 52.2 Å². The van der Waals surface area contributed by atoms with Crippen LogP contribution in [0.2, 0.25) is 0 Å². The fraction of sp³-hybridized carbons (Fsp3) is 0.148. The molecule has 0 unspecified atom stereocenters. The number of nitrogens with zero attached hydrogens (tertiary/aromatic N) is 1. The van der Waals surface area contributed by atoms with Crippen LogP contribution in [0.15, 0.2) is 89.6 Å². The predicted molar refractivity (Wildman–Crippen MR) is 133 cm³/mol. The number of alkyl halides is 9. The number of hydrogen-bond acceptors (Lipinski definition) is 4. The van der Waals surface area contributed by atoms with Crippen LogP contribution < -0.4 is 0 Å². The molecule has 0 saturated carbocycles. The molecule has 0 aliphatic heterocycles. The molecule has 5 rings (SSSR count). The van der Waals surface area contributed by atoms with Crippen LogP contribution in [0, 0.1) is 0 Å². The van der Waals surface area contributed by atoms with E-state index in [1.807, 2.05) is 0 Å². The summed E-state index contributed by atoms with van der Waals surface area (Å²) in [5.41, 5.74) is 1.66. The summed E-state index contributed by atoms with van der Waals surface area (Å²) in [6.07, 6.45) is -2.71. The number of hydrogen-bond donors (Lipinski definition) is 0. The van der Waals surface area contributed by atoms with Gasteiger partial charge in [0.25, 0.3) is 0 Å². The van der Waals surface area contributed by atoms with Crippen LogP contribution in [-0.4, -0.2) is 37.4 Å². The lowest BCUT2D eigenvalue weighted by Crippen LogP contribution is -2.63. The predicted octanol–water partition coefficient (Wildman–Crippen LogP) is 7.85. The zero-order valence-corrected chi connectivity index (χ0v) is 20.9. The number of fused-ring (bicyclic) bond motifs is 4. The number of halogens is 9. The van der Waals surface area contributed by atoms with Gasteiger partial charge in [0, 0.05) is 11.1 Å². The Morgan fingerprint density at radius 2 is 1.22 bits per heavy atom. The van der Waals surface area contributed by atoms with Gasteiger partial charge in [-0.25, -0.2) is 0 Å². The zero-order chi connectivity index (χ0) is 30.0. The fourth-order valence-corrected chi connectivity index (χ4v) is 5.15. The van der Waals surface area contributed by atoms with E-state index in [0.717, 1.165) is 0 Å². The van der Waals surface area contributed by atoms with E-state index in [0.29, 0.717) is 33.0 Å². The van der Waals surface area contributed by atoms with E-state index in [9.17, 15) is 47.9 Å². The summed E-state index contributed by atoms with van der Waals surface area (Å²) in [6, 6.07) is 18.4. The van der Waals surface area contributed by atoms with E-state index in [2.05, 4.69) is 9.44 Å². The van der Waals surface area contributed by atoms with Gasteiger partial charge >= 0.3 is 33.4 Å². The summed E-state index contributed by atoms with van der Waals surface area (Å²) >= 11 is 0. The van der Waals surface area contributed by atoms with E-state index in [4.69, 9.17) is 0 Å². The van der Waals surface area contributed by atoms with E-state index in [1.165, 1.54) is 12.2 Å². The van der Waals surface area contributed by atoms with E-state index >= 15 is 0 Å². The van der Waals surface area contributed by atoms with Crippen molar-refractivity contribution in [2.75, 3.05) is 0 Å². The number of allylic oxidation sites excluding steroid dienone is 5. The van der Waals surface area contributed by atoms with E-state index < -0.39 is 39.1 Å². The number of benzene rings is 3. The highest BCUT2D eigenvalue weighted by atomic mass is 32.2. The summed E-state index contributed by atoms with van der Waals surface area (Å²) in [5.74, 6) is -14.9. The lowest BCUT2D eigenvalue weighted by Gasteiger charge is -2.32. The molecule has 3 aromatic carbocycles.